The van der Waals surface area contributed by atoms with Crippen molar-refractivity contribution in [2.24, 2.45) is 0 Å². The normalized spacial score (nSPS) is 19.2. The quantitative estimate of drug-likeness (QED) is 0.338. The highest BCUT2D eigenvalue weighted by molar-refractivity contribution is 7.89. The number of sulfonamides is 1. The number of ether oxygens (including phenoxy) is 1. The summed E-state index contributed by atoms with van der Waals surface area (Å²) in [5.41, 5.74) is 2.15. The van der Waals surface area contributed by atoms with Crippen molar-refractivity contribution < 1.29 is 18.1 Å². The minimum atomic E-state index is -4.06. The molecule has 32 heavy (non-hydrogen) atoms. The van der Waals surface area contributed by atoms with Crippen LogP contribution in [-0.2, 0) is 14.8 Å². The molecule has 1 saturated heterocycles. The second kappa shape index (κ2) is 8.80. The molecule has 166 valence electrons. The van der Waals surface area contributed by atoms with Crippen LogP contribution in [0.2, 0.25) is 10.0 Å². The average Bonchev–Trinajstić information content (AvgIpc) is 3.20. The topological polar surface area (TPSA) is 89.8 Å². The molecule has 0 unspecified atom stereocenters. The number of aryl methyl sites for hydroxylation is 1. The maximum atomic E-state index is 13.5. The van der Waals surface area contributed by atoms with Crippen LogP contribution in [0, 0.1) is 17.0 Å². The van der Waals surface area contributed by atoms with Gasteiger partial charge in [-0.15, -0.1) is 0 Å². The SMILES string of the molecule is Cc1ccc([C@H]2CN(S(=O)(=O)c3ccc([N+](=O)[O-])cc3)[C@@H](c3ccc(Cl)cc3Cl)O2)cc1. The van der Waals surface area contributed by atoms with Crippen LogP contribution in [0.4, 0.5) is 5.69 Å². The van der Waals surface area contributed by atoms with Gasteiger partial charge in [0.15, 0.2) is 6.23 Å². The zero-order valence-corrected chi connectivity index (χ0v) is 19.1. The number of benzene rings is 3. The average molecular weight is 493 g/mol. The third-order valence-corrected chi connectivity index (χ3v) is 7.62. The molecule has 1 fully saturated rings. The van der Waals surface area contributed by atoms with Gasteiger partial charge in [-0.3, -0.25) is 10.1 Å². The largest absolute Gasteiger partial charge is 0.348 e. The Morgan fingerprint density at radius 2 is 1.69 bits per heavy atom. The van der Waals surface area contributed by atoms with E-state index >= 15 is 0 Å². The summed E-state index contributed by atoms with van der Waals surface area (Å²) in [7, 11) is -4.06. The first-order chi connectivity index (χ1) is 15.2. The Morgan fingerprint density at radius 1 is 1.03 bits per heavy atom. The molecular weight excluding hydrogens is 475 g/mol. The van der Waals surface area contributed by atoms with E-state index in [4.69, 9.17) is 27.9 Å². The smallest absolute Gasteiger partial charge is 0.269 e. The Morgan fingerprint density at radius 3 is 2.28 bits per heavy atom. The van der Waals surface area contributed by atoms with Crippen molar-refractivity contribution in [3.8, 4) is 0 Å². The second-order valence-corrected chi connectivity index (χ2v) is 10.1. The lowest BCUT2D eigenvalue weighted by atomic mass is 10.1. The first kappa shape index (κ1) is 22.7. The molecule has 0 bridgehead atoms. The lowest BCUT2D eigenvalue weighted by Gasteiger charge is -2.23. The van der Waals surface area contributed by atoms with Crippen LogP contribution < -0.4 is 0 Å². The Kier molecular flexibility index (Phi) is 6.24. The predicted octanol–water partition coefficient (Wildman–Crippen LogP) is 5.67. The van der Waals surface area contributed by atoms with Crippen LogP contribution in [0.5, 0.6) is 0 Å². The molecule has 3 aromatic rings. The van der Waals surface area contributed by atoms with Crippen molar-refractivity contribution >= 4 is 38.9 Å². The number of non-ortho nitro benzene ring substituents is 1. The van der Waals surface area contributed by atoms with E-state index in [0.29, 0.717) is 10.6 Å². The highest BCUT2D eigenvalue weighted by atomic mass is 35.5. The summed E-state index contributed by atoms with van der Waals surface area (Å²) in [6, 6.07) is 17.2. The monoisotopic (exact) mass is 492 g/mol. The van der Waals surface area contributed by atoms with Crippen molar-refractivity contribution in [1.29, 1.82) is 0 Å². The molecule has 3 aromatic carbocycles. The van der Waals surface area contributed by atoms with E-state index in [0.717, 1.165) is 23.3 Å². The number of hydrogen-bond acceptors (Lipinski definition) is 5. The van der Waals surface area contributed by atoms with Gasteiger partial charge >= 0.3 is 0 Å². The molecule has 0 saturated carbocycles. The summed E-state index contributed by atoms with van der Waals surface area (Å²) in [6.45, 7) is 2.01. The van der Waals surface area contributed by atoms with Crippen molar-refractivity contribution in [2.75, 3.05) is 6.54 Å². The van der Waals surface area contributed by atoms with Gasteiger partial charge in [-0.05, 0) is 36.8 Å². The maximum Gasteiger partial charge on any atom is 0.269 e. The number of hydrogen-bond donors (Lipinski definition) is 0. The Bertz CT molecular complexity index is 1260. The third-order valence-electron chi connectivity index (χ3n) is 5.23. The van der Waals surface area contributed by atoms with Crippen molar-refractivity contribution in [3.05, 3.63) is 104 Å². The summed E-state index contributed by atoms with van der Waals surface area (Å²) >= 11 is 12.4. The second-order valence-electron chi connectivity index (χ2n) is 7.38. The molecule has 0 aromatic heterocycles. The van der Waals surface area contributed by atoms with Crippen LogP contribution in [0.1, 0.15) is 29.0 Å². The van der Waals surface area contributed by atoms with Crippen LogP contribution >= 0.6 is 23.2 Å². The van der Waals surface area contributed by atoms with Crippen LogP contribution in [0.25, 0.3) is 0 Å². The van der Waals surface area contributed by atoms with Crippen LogP contribution in [0.15, 0.2) is 71.6 Å². The summed E-state index contributed by atoms with van der Waals surface area (Å²) < 4.78 is 34.4. The van der Waals surface area contributed by atoms with E-state index in [1.807, 2.05) is 31.2 Å². The number of nitro benzene ring substituents is 1. The number of rotatable bonds is 5. The molecule has 0 radical (unpaired) electrons. The zero-order chi connectivity index (χ0) is 23.0. The molecule has 1 aliphatic heterocycles. The summed E-state index contributed by atoms with van der Waals surface area (Å²) in [6.07, 6.45) is -1.52. The van der Waals surface area contributed by atoms with Gasteiger partial charge in [0.25, 0.3) is 5.69 Å². The summed E-state index contributed by atoms with van der Waals surface area (Å²) in [5, 5.41) is 11.6. The summed E-state index contributed by atoms with van der Waals surface area (Å²) in [5.74, 6) is 0. The van der Waals surface area contributed by atoms with Gasteiger partial charge in [0.2, 0.25) is 10.0 Å². The Balaban J connectivity index is 1.76. The van der Waals surface area contributed by atoms with Gasteiger partial charge < -0.3 is 4.74 Å². The highest BCUT2D eigenvalue weighted by Gasteiger charge is 2.43. The third kappa shape index (κ3) is 4.37. The Labute approximate surface area is 195 Å². The molecule has 1 heterocycles. The van der Waals surface area contributed by atoms with E-state index in [9.17, 15) is 18.5 Å². The van der Waals surface area contributed by atoms with Crippen molar-refractivity contribution in [2.45, 2.75) is 24.2 Å². The lowest BCUT2D eigenvalue weighted by molar-refractivity contribution is -0.384. The first-order valence-electron chi connectivity index (χ1n) is 9.60. The van der Waals surface area contributed by atoms with Gasteiger partial charge in [0, 0.05) is 34.3 Å². The molecule has 0 spiro atoms. The molecule has 4 rings (SSSR count). The zero-order valence-electron chi connectivity index (χ0n) is 16.8. The van der Waals surface area contributed by atoms with E-state index in [2.05, 4.69) is 0 Å². The number of nitrogens with zero attached hydrogens (tertiary/aromatic N) is 2. The number of halogens is 2. The van der Waals surface area contributed by atoms with Gasteiger partial charge in [-0.2, -0.15) is 4.31 Å². The molecular formula is C22H18Cl2N2O5S. The molecule has 10 heteroatoms. The van der Waals surface area contributed by atoms with Crippen LogP contribution in [0.3, 0.4) is 0 Å². The lowest BCUT2D eigenvalue weighted by Crippen LogP contribution is -2.31. The maximum absolute atomic E-state index is 13.5. The molecule has 0 aliphatic carbocycles. The van der Waals surface area contributed by atoms with E-state index in [1.54, 1.807) is 12.1 Å². The van der Waals surface area contributed by atoms with Gasteiger partial charge in [0.1, 0.15) is 0 Å². The van der Waals surface area contributed by atoms with Gasteiger partial charge in [-0.25, -0.2) is 8.42 Å². The summed E-state index contributed by atoms with van der Waals surface area (Å²) in [4.78, 5) is 10.3. The van der Waals surface area contributed by atoms with Crippen LogP contribution in [-0.4, -0.2) is 24.2 Å². The minimum Gasteiger partial charge on any atom is -0.348 e. The minimum absolute atomic E-state index is 0.0476. The van der Waals surface area contributed by atoms with Gasteiger partial charge in [-0.1, -0.05) is 59.1 Å². The molecule has 7 nitrogen and oxygen atoms in total. The van der Waals surface area contributed by atoms with E-state index in [1.165, 1.54) is 22.5 Å². The molecule has 1 aliphatic rings. The molecule has 2 atom stereocenters. The predicted molar refractivity (Wildman–Crippen MR) is 121 cm³/mol. The number of nitro groups is 1. The fourth-order valence-electron chi connectivity index (χ4n) is 3.52. The molecule has 0 amide bonds. The van der Waals surface area contributed by atoms with Crippen molar-refractivity contribution in [1.82, 2.24) is 4.31 Å². The fourth-order valence-corrected chi connectivity index (χ4v) is 5.52. The Hall–Kier alpha value is -2.49. The standard InChI is InChI=1S/C22H18Cl2N2O5S/c1-14-2-4-15(5-3-14)21-13-25(22(31-21)19-11-6-16(23)12-20(19)24)32(29,30)18-9-7-17(8-10-18)26(27)28/h2-12,21-22H,13H2,1H3/t21-,22-/m1/s1. The van der Waals surface area contributed by atoms with Gasteiger partial charge in [0.05, 0.1) is 15.9 Å². The van der Waals surface area contributed by atoms with Crippen molar-refractivity contribution in [3.63, 3.8) is 0 Å². The molecule has 0 N–H and O–H groups in total. The van der Waals surface area contributed by atoms with E-state index in [-0.39, 0.29) is 22.2 Å². The fraction of sp³-hybridized carbons (Fsp3) is 0.182. The van der Waals surface area contributed by atoms with E-state index < -0.39 is 27.3 Å². The first-order valence-corrected chi connectivity index (χ1v) is 11.8. The highest BCUT2D eigenvalue weighted by Crippen LogP contribution is 2.43.